The van der Waals surface area contributed by atoms with Crippen LogP contribution in [-0.4, -0.2) is 44.5 Å². The van der Waals surface area contributed by atoms with Crippen molar-refractivity contribution in [3.05, 3.63) is 29.3 Å². The van der Waals surface area contributed by atoms with Gasteiger partial charge in [0.2, 0.25) is 5.91 Å². The van der Waals surface area contributed by atoms with Gasteiger partial charge in [0.1, 0.15) is 0 Å². The van der Waals surface area contributed by atoms with Gasteiger partial charge in [0.25, 0.3) is 0 Å². The lowest BCUT2D eigenvalue weighted by atomic mass is 10.4. The Morgan fingerprint density at radius 2 is 1.95 bits per heavy atom. The minimum Gasteiger partial charge on any atom is -0.383 e. The van der Waals surface area contributed by atoms with Crippen molar-refractivity contribution >= 4 is 41.7 Å². The number of rotatable bonds is 9. The molecular formula is C14H22Cl2N2O2S. The van der Waals surface area contributed by atoms with Crippen LogP contribution in [0.25, 0.3) is 0 Å². The van der Waals surface area contributed by atoms with Gasteiger partial charge in [-0.2, -0.15) is 0 Å². The van der Waals surface area contributed by atoms with Crippen LogP contribution in [-0.2, 0) is 9.53 Å². The van der Waals surface area contributed by atoms with Crippen molar-refractivity contribution in [2.75, 3.05) is 33.4 Å². The summed E-state index contributed by atoms with van der Waals surface area (Å²) in [5.41, 5.74) is 0. The zero-order valence-corrected chi connectivity index (χ0v) is 14.6. The summed E-state index contributed by atoms with van der Waals surface area (Å²) in [7, 11) is 1.67. The average Bonchev–Trinajstić information content (AvgIpc) is 2.45. The summed E-state index contributed by atoms with van der Waals surface area (Å²) in [5.74, 6) is 0.0403. The molecule has 21 heavy (non-hydrogen) atoms. The van der Waals surface area contributed by atoms with Crippen LogP contribution in [0.2, 0.25) is 5.02 Å². The first-order valence-electron chi connectivity index (χ1n) is 6.53. The lowest BCUT2D eigenvalue weighted by Gasteiger charge is -2.12. The summed E-state index contributed by atoms with van der Waals surface area (Å²) in [6.07, 6.45) is 0. The zero-order valence-electron chi connectivity index (χ0n) is 12.2. The number of hydrogen-bond acceptors (Lipinski definition) is 4. The van der Waals surface area contributed by atoms with Gasteiger partial charge >= 0.3 is 0 Å². The summed E-state index contributed by atoms with van der Waals surface area (Å²) in [6.45, 7) is 4.73. The van der Waals surface area contributed by atoms with Crippen molar-refractivity contribution in [1.29, 1.82) is 0 Å². The van der Waals surface area contributed by atoms with E-state index < -0.39 is 0 Å². The fraction of sp³-hybridized carbons (Fsp3) is 0.500. The number of hydrogen-bond donors (Lipinski definition) is 2. The van der Waals surface area contributed by atoms with Crippen LogP contribution in [0.5, 0.6) is 0 Å². The summed E-state index contributed by atoms with van der Waals surface area (Å²) < 4.78 is 4.92. The van der Waals surface area contributed by atoms with Crippen LogP contribution in [0.4, 0.5) is 0 Å². The summed E-state index contributed by atoms with van der Waals surface area (Å²) >= 11 is 7.35. The Morgan fingerprint density at radius 1 is 1.29 bits per heavy atom. The highest BCUT2D eigenvalue weighted by atomic mass is 35.5. The van der Waals surface area contributed by atoms with Gasteiger partial charge in [-0.05, 0) is 31.2 Å². The van der Waals surface area contributed by atoms with Crippen molar-refractivity contribution in [2.45, 2.75) is 17.1 Å². The Hall–Kier alpha value is -0.460. The smallest absolute Gasteiger partial charge is 0.233 e. The van der Waals surface area contributed by atoms with E-state index >= 15 is 0 Å². The number of nitrogens with one attached hydrogen (secondary N) is 2. The molecule has 1 aromatic rings. The Labute approximate surface area is 141 Å². The van der Waals surface area contributed by atoms with Crippen molar-refractivity contribution < 1.29 is 9.53 Å². The van der Waals surface area contributed by atoms with Crippen LogP contribution >= 0.6 is 35.8 Å². The highest BCUT2D eigenvalue weighted by Crippen LogP contribution is 2.24. The first-order chi connectivity index (χ1) is 9.63. The number of carbonyl (C=O) groups is 1. The number of benzene rings is 1. The van der Waals surface area contributed by atoms with E-state index in [0.717, 1.165) is 18.0 Å². The van der Waals surface area contributed by atoms with E-state index in [9.17, 15) is 4.79 Å². The first-order valence-corrected chi connectivity index (χ1v) is 7.79. The molecule has 4 nitrogen and oxygen atoms in total. The molecule has 0 bridgehead atoms. The molecule has 0 aromatic heterocycles. The molecule has 0 saturated heterocycles. The van der Waals surface area contributed by atoms with Crippen molar-refractivity contribution in [3.8, 4) is 0 Å². The van der Waals surface area contributed by atoms with Gasteiger partial charge < -0.3 is 15.4 Å². The molecule has 0 saturated carbocycles. The minimum absolute atomic E-state index is 0. The van der Waals surface area contributed by atoms with Crippen molar-refractivity contribution in [3.63, 3.8) is 0 Å². The van der Waals surface area contributed by atoms with Gasteiger partial charge in [-0.1, -0.05) is 11.6 Å². The Bertz CT molecular complexity index is 404. The highest BCUT2D eigenvalue weighted by molar-refractivity contribution is 8.00. The third kappa shape index (κ3) is 9.22. The molecule has 7 heteroatoms. The standard InChI is InChI=1S/C14H21ClN2O2S.ClH/c1-11(20-13-5-3-12(15)4-6-13)14(18)17-8-7-16-9-10-19-2;/h3-6,11,16H,7-10H2,1-2H3,(H,17,18);1H. The van der Waals surface area contributed by atoms with Gasteiger partial charge in [-0.15, -0.1) is 24.2 Å². The molecule has 0 radical (unpaired) electrons. The number of carbonyl (C=O) groups excluding carboxylic acids is 1. The lowest BCUT2D eigenvalue weighted by molar-refractivity contribution is -0.120. The van der Waals surface area contributed by atoms with Gasteiger partial charge in [0.15, 0.2) is 0 Å². The normalized spacial score (nSPS) is 11.6. The van der Waals surface area contributed by atoms with E-state index in [1.807, 2.05) is 31.2 Å². The summed E-state index contributed by atoms with van der Waals surface area (Å²) in [5, 5.41) is 6.65. The molecule has 1 amide bonds. The third-order valence-corrected chi connectivity index (χ3v) is 3.94. The van der Waals surface area contributed by atoms with E-state index in [0.29, 0.717) is 18.2 Å². The number of halogens is 2. The molecule has 1 atom stereocenters. The zero-order chi connectivity index (χ0) is 14.8. The predicted molar refractivity (Wildman–Crippen MR) is 91.8 cm³/mol. The predicted octanol–water partition coefficient (Wildman–Crippen LogP) is 2.59. The van der Waals surface area contributed by atoms with Crippen LogP contribution < -0.4 is 10.6 Å². The Balaban J connectivity index is 0.00000400. The molecule has 120 valence electrons. The molecular weight excluding hydrogens is 331 g/mol. The van der Waals surface area contributed by atoms with E-state index in [-0.39, 0.29) is 23.6 Å². The van der Waals surface area contributed by atoms with Crippen molar-refractivity contribution in [2.24, 2.45) is 0 Å². The van der Waals surface area contributed by atoms with E-state index in [2.05, 4.69) is 10.6 Å². The monoisotopic (exact) mass is 352 g/mol. The highest BCUT2D eigenvalue weighted by Gasteiger charge is 2.13. The van der Waals surface area contributed by atoms with E-state index in [1.54, 1.807) is 7.11 Å². The number of thioether (sulfide) groups is 1. The molecule has 0 aliphatic rings. The summed E-state index contributed by atoms with van der Waals surface area (Å²) in [4.78, 5) is 12.9. The van der Waals surface area contributed by atoms with Crippen molar-refractivity contribution in [1.82, 2.24) is 10.6 Å². The minimum atomic E-state index is -0.129. The number of amides is 1. The average molecular weight is 353 g/mol. The molecule has 0 aliphatic carbocycles. The quantitative estimate of drug-likeness (QED) is 0.529. The van der Waals surface area contributed by atoms with Crippen LogP contribution in [0.15, 0.2) is 29.2 Å². The Morgan fingerprint density at radius 3 is 2.57 bits per heavy atom. The lowest BCUT2D eigenvalue weighted by Crippen LogP contribution is -2.36. The van der Waals surface area contributed by atoms with Gasteiger partial charge in [-0.3, -0.25) is 4.79 Å². The molecule has 0 spiro atoms. The summed E-state index contributed by atoms with van der Waals surface area (Å²) in [6, 6.07) is 7.49. The Kier molecular flexibility index (Phi) is 11.9. The molecule has 0 fully saturated rings. The largest absolute Gasteiger partial charge is 0.383 e. The van der Waals surface area contributed by atoms with Gasteiger partial charge in [0, 0.05) is 36.7 Å². The first kappa shape index (κ1) is 20.5. The molecule has 0 heterocycles. The van der Waals surface area contributed by atoms with Crippen LogP contribution in [0, 0.1) is 0 Å². The maximum absolute atomic E-state index is 11.9. The van der Waals surface area contributed by atoms with Crippen LogP contribution in [0.3, 0.4) is 0 Å². The van der Waals surface area contributed by atoms with Crippen LogP contribution in [0.1, 0.15) is 6.92 Å². The maximum Gasteiger partial charge on any atom is 0.233 e. The van der Waals surface area contributed by atoms with E-state index in [1.165, 1.54) is 11.8 Å². The molecule has 1 unspecified atom stereocenters. The van der Waals surface area contributed by atoms with Gasteiger partial charge in [-0.25, -0.2) is 0 Å². The molecule has 2 N–H and O–H groups in total. The molecule has 0 aliphatic heterocycles. The fourth-order valence-corrected chi connectivity index (χ4v) is 2.51. The maximum atomic E-state index is 11.9. The topological polar surface area (TPSA) is 50.4 Å². The fourth-order valence-electron chi connectivity index (χ4n) is 1.49. The second-order valence-electron chi connectivity index (χ2n) is 4.25. The third-order valence-electron chi connectivity index (χ3n) is 2.58. The number of ether oxygens (including phenoxy) is 1. The molecule has 1 aromatic carbocycles. The molecule has 1 rings (SSSR count). The number of methoxy groups -OCH3 is 1. The SMILES string of the molecule is COCCNCCNC(=O)C(C)Sc1ccc(Cl)cc1.Cl. The second kappa shape index (κ2) is 12.1. The second-order valence-corrected chi connectivity index (χ2v) is 6.10. The van der Waals surface area contributed by atoms with Gasteiger partial charge in [0.05, 0.1) is 11.9 Å². The van der Waals surface area contributed by atoms with E-state index in [4.69, 9.17) is 16.3 Å².